The van der Waals surface area contributed by atoms with Crippen LogP contribution in [-0.4, -0.2) is 12.1 Å². The van der Waals surface area contributed by atoms with Gasteiger partial charge in [0.25, 0.3) is 0 Å². The van der Waals surface area contributed by atoms with Crippen LogP contribution < -0.4 is 9.80 Å². The Morgan fingerprint density at radius 1 is 0.500 bits per heavy atom. The van der Waals surface area contributed by atoms with E-state index in [9.17, 15) is 0 Å². The molecule has 0 N–H and O–H groups in total. The van der Waals surface area contributed by atoms with Crippen molar-refractivity contribution in [1.29, 1.82) is 0 Å². The first-order valence-electron chi connectivity index (χ1n) is 20.3. The molecule has 0 saturated heterocycles. The molecule has 0 amide bonds. The number of benzene rings is 5. The van der Waals surface area contributed by atoms with Gasteiger partial charge in [-0.1, -0.05) is 158 Å². The largest absolute Gasteiger partial charge is 0.337 e. The normalized spacial score (nSPS) is 23.9. The number of para-hydroxylation sites is 1. The van der Waals surface area contributed by atoms with Gasteiger partial charge < -0.3 is 9.80 Å². The smallest absolute Gasteiger partial charge is 0.0630 e. The molecular weight excluding hydrogens is 677 g/mol. The molecule has 0 aromatic heterocycles. The van der Waals surface area contributed by atoms with Gasteiger partial charge in [0.1, 0.15) is 0 Å². The molecule has 5 aromatic carbocycles. The molecule has 0 saturated carbocycles. The monoisotopic (exact) mass is 720 g/mol. The molecule has 270 valence electrons. The number of allylic oxidation sites excluding steroid dienone is 12. The molecule has 0 bridgehead atoms. The minimum absolute atomic E-state index is 0.190. The Balaban J connectivity index is 0.948. The Morgan fingerprint density at radius 2 is 1.29 bits per heavy atom. The fraction of sp³-hybridized carbons (Fsp3) is 0.148. The van der Waals surface area contributed by atoms with Crippen LogP contribution in [-0.2, 0) is 0 Å². The Labute approximate surface area is 330 Å². The molecule has 5 unspecified atom stereocenters. The standard InChI is InChI=1S/C54H44N2/c1-4-15-37(16-5-1)40-21-14-22-45(32-40)55-51-25-12-10-23-47(51)49-35-41(27-29-53(49)55)42-28-30-54-50(36-42)48-24-11-13-26-52(48)56(54)46-33-43(38-17-6-2-7-18-38)31-44(34-46)39-19-8-3-9-20-39/h1-2,4-8,10-31,33-36,40,47,50-51,54H,3,9,32H2. The summed E-state index contributed by atoms with van der Waals surface area (Å²) in [6, 6.07) is 45.7. The van der Waals surface area contributed by atoms with Crippen molar-refractivity contribution in [3.8, 4) is 11.1 Å². The summed E-state index contributed by atoms with van der Waals surface area (Å²) in [6.45, 7) is 0. The molecule has 2 aliphatic heterocycles. The van der Waals surface area contributed by atoms with E-state index in [1.807, 2.05) is 0 Å². The van der Waals surface area contributed by atoms with E-state index < -0.39 is 0 Å². The minimum Gasteiger partial charge on any atom is -0.337 e. The van der Waals surface area contributed by atoms with Gasteiger partial charge in [0.15, 0.2) is 0 Å². The van der Waals surface area contributed by atoms with Crippen LogP contribution in [0.25, 0.3) is 22.3 Å². The lowest BCUT2D eigenvalue weighted by atomic mass is 9.84. The second-order valence-corrected chi connectivity index (χ2v) is 15.9. The van der Waals surface area contributed by atoms with Crippen molar-refractivity contribution >= 4 is 28.2 Å². The number of anilines is 3. The Morgan fingerprint density at radius 3 is 2.16 bits per heavy atom. The molecule has 6 aliphatic rings. The zero-order chi connectivity index (χ0) is 37.0. The van der Waals surface area contributed by atoms with Crippen LogP contribution in [0.4, 0.5) is 17.1 Å². The number of hydrogen-bond acceptors (Lipinski definition) is 2. The summed E-state index contributed by atoms with van der Waals surface area (Å²) in [5, 5.41) is 0. The van der Waals surface area contributed by atoms with Crippen LogP contribution >= 0.6 is 0 Å². The third-order valence-electron chi connectivity index (χ3n) is 12.7. The zero-order valence-electron chi connectivity index (χ0n) is 31.5. The SMILES string of the molecule is C1=CC(c2ccccc2)CC(N2c3ccc(C4=CC5c6ccccc6N(c6cc(C7=CCCC=C7)cc(-c7ccccc7)c6)C5C=C4)cc3C3C=CC=CC32)=C1. The molecule has 2 heteroatoms. The summed E-state index contributed by atoms with van der Waals surface area (Å²) in [4.78, 5) is 5.21. The molecule has 5 atom stereocenters. The summed E-state index contributed by atoms with van der Waals surface area (Å²) in [5.41, 5.74) is 17.1. The molecule has 4 aliphatic carbocycles. The first-order chi connectivity index (χ1) is 27.8. The van der Waals surface area contributed by atoms with Crippen LogP contribution in [0.15, 0.2) is 206 Å². The number of fused-ring (bicyclic) bond motifs is 6. The lowest BCUT2D eigenvalue weighted by molar-refractivity contribution is 0.682. The third kappa shape index (κ3) is 5.63. The van der Waals surface area contributed by atoms with E-state index in [-0.39, 0.29) is 18.0 Å². The second kappa shape index (κ2) is 13.7. The molecule has 56 heavy (non-hydrogen) atoms. The van der Waals surface area contributed by atoms with Crippen molar-refractivity contribution in [2.45, 2.75) is 49.1 Å². The van der Waals surface area contributed by atoms with Crippen LogP contribution in [0.1, 0.15) is 64.8 Å². The summed E-state index contributed by atoms with van der Waals surface area (Å²) < 4.78 is 0. The maximum absolute atomic E-state index is 2.62. The quantitative estimate of drug-likeness (QED) is 0.172. The van der Waals surface area contributed by atoms with Gasteiger partial charge in [-0.25, -0.2) is 0 Å². The fourth-order valence-corrected chi connectivity index (χ4v) is 10.0. The van der Waals surface area contributed by atoms with Crippen molar-refractivity contribution < 1.29 is 0 Å². The summed E-state index contributed by atoms with van der Waals surface area (Å²) in [5.74, 6) is 0.947. The molecular formula is C54H44N2. The van der Waals surface area contributed by atoms with Crippen molar-refractivity contribution in [2.24, 2.45) is 0 Å². The molecule has 11 rings (SSSR count). The highest BCUT2D eigenvalue weighted by Gasteiger charge is 2.41. The summed E-state index contributed by atoms with van der Waals surface area (Å²) in [7, 11) is 0. The van der Waals surface area contributed by atoms with Crippen molar-refractivity contribution in [3.63, 3.8) is 0 Å². The number of rotatable bonds is 6. The minimum atomic E-state index is 0.190. The predicted octanol–water partition coefficient (Wildman–Crippen LogP) is 13.4. The highest BCUT2D eigenvalue weighted by molar-refractivity contribution is 5.87. The van der Waals surface area contributed by atoms with Gasteiger partial charge in [0.05, 0.1) is 12.1 Å². The Kier molecular flexibility index (Phi) is 8.09. The lowest BCUT2D eigenvalue weighted by Gasteiger charge is -2.33. The van der Waals surface area contributed by atoms with Crippen LogP contribution in [0.3, 0.4) is 0 Å². The summed E-state index contributed by atoms with van der Waals surface area (Å²) in [6.07, 6.45) is 33.8. The molecule has 2 heterocycles. The number of hydrogen-bond donors (Lipinski definition) is 0. The molecule has 5 aromatic rings. The molecule has 0 fully saturated rings. The highest BCUT2D eigenvalue weighted by Crippen LogP contribution is 2.52. The van der Waals surface area contributed by atoms with Gasteiger partial charge in [0, 0.05) is 40.5 Å². The van der Waals surface area contributed by atoms with E-state index in [0.29, 0.717) is 11.8 Å². The first-order valence-corrected chi connectivity index (χ1v) is 20.3. The van der Waals surface area contributed by atoms with E-state index in [1.54, 1.807) is 0 Å². The van der Waals surface area contributed by atoms with E-state index in [0.717, 1.165) is 19.3 Å². The highest BCUT2D eigenvalue weighted by atomic mass is 15.2. The molecule has 2 nitrogen and oxygen atoms in total. The van der Waals surface area contributed by atoms with E-state index in [1.165, 1.54) is 72.8 Å². The predicted molar refractivity (Wildman–Crippen MR) is 235 cm³/mol. The lowest BCUT2D eigenvalue weighted by Crippen LogP contribution is -2.33. The molecule has 0 radical (unpaired) electrons. The maximum Gasteiger partial charge on any atom is 0.0630 e. The van der Waals surface area contributed by atoms with E-state index in [2.05, 4.69) is 210 Å². The Bertz CT molecular complexity index is 2590. The zero-order valence-corrected chi connectivity index (χ0v) is 31.5. The first kappa shape index (κ1) is 33.0. The average Bonchev–Trinajstić information content (AvgIpc) is 3.79. The van der Waals surface area contributed by atoms with Crippen LogP contribution in [0, 0.1) is 0 Å². The Hall–Kier alpha value is -6.38. The van der Waals surface area contributed by atoms with Gasteiger partial charge >= 0.3 is 0 Å². The second-order valence-electron chi connectivity index (χ2n) is 15.9. The van der Waals surface area contributed by atoms with Crippen molar-refractivity contribution in [1.82, 2.24) is 0 Å². The van der Waals surface area contributed by atoms with Crippen molar-refractivity contribution in [3.05, 3.63) is 234 Å². The summed E-state index contributed by atoms with van der Waals surface area (Å²) >= 11 is 0. The van der Waals surface area contributed by atoms with E-state index >= 15 is 0 Å². The number of nitrogens with zero attached hydrogens (tertiary/aromatic N) is 2. The topological polar surface area (TPSA) is 6.48 Å². The van der Waals surface area contributed by atoms with Gasteiger partial charge in [-0.05, 0) is 112 Å². The molecule has 0 spiro atoms. The van der Waals surface area contributed by atoms with Gasteiger partial charge in [-0.2, -0.15) is 0 Å². The average molecular weight is 721 g/mol. The third-order valence-corrected chi connectivity index (χ3v) is 12.7. The maximum atomic E-state index is 2.62. The van der Waals surface area contributed by atoms with Crippen molar-refractivity contribution in [2.75, 3.05) is 9.80 Å². The van der Waals surface area contributed by atoms with Crippen LogP contribution in [0.2, 0.25) is 0 Å². The fourth-order valence-electron chi connectivity index (χ4n) is 10.0. The van der Waals surface area contributed by atoms with Crippen LogP contribution in [0.5, 0.6) is 0 Å². The van der Waals surface area contributed by atoms with Gasteiger partial charge in [-0.3, -0.25) is 0 Å². The van der Waals surface area contributed by atoms with E-state index in [4.69, 9.17) is 0 Å². The van der Waals surface area contributed by atoms with Gasteiger partial charge in [-0.15, -0.1) is 0 Å². The van der Waals surface area contributed by atoms with Gasteiger partial charge in [0.2, 0.25) is 0 Å².